The van der Waals surface area contributed by atoms with Gasteiger partial charge in [-0.2, -0.15) is 0 Å². The molecule has 1 aliphatic heterocycles. The van der Waals surface area contributed by atoms with Crippen molar-refractivity contribution in [1.29, 1.82) is 0 Å². The van der Waals surface area contributed by atoms with Crippen molar-refractivity contribution in [3.05, 3.63) is 47.5 Å². The van der Waals surface area contributed by atoms with Crippen LogP contribution in [-0.2, 0) is 4.79 Å². The SMILES string of the molecule is NC(=O)[C@H](c1ccccc1)N1CCCN(c2nccs2)CC1. The number of thiazole rings is 1. The number of benzene rings is 1. The van der Waals surface area contributed by atoms with Crippen molar-refractivity contribution in [2.24, 2.45) is 5.73 Å². The highest BCUT2D eigenvalue weighted by atomic mass is 32.1. The van der Waals surface area contributed by atoms with E-state index in [1.807, 2.05) is 41.9 Å². The second kappa shape index (κ2) is 6.89. The van der Waals surface area contributed by atoms with Gasteiger partial charge in [-0.3, -0.25) is 9.69 Å². The van der Waals surface area contributed by atoms with Crippen molar-refractivity contribution in [2.75, 3.05) is 31.1 Å². The predicted octanol–water partition coefficient (Wildman–Crippen LogP) is 1.88. The van der Waals surface area contributed by atoms with E-state index in [1.165, 1.54) is 0 Å². The van der Waals surface area contributed by atoms with Crippen LogP contribution >= 0.6 is 11.3 Å². The molecule has 2 heterocycles. The van der Waals surface area contributed by atoms with E-state index in [2.05, 4.69) is 14.8 Å². The minimum absolute atomic E-state index is 0.283. The summed E-state index contributed by atoms with van der Waals surface area (Å²) in [6.07, 6.45) is 2.83. The van der Waals surface area contributed by atoms with Crippen LogP contribution in [0.15, 0.2) is 41.9 Å². The zero-order chi connectivity index (χ0) is 15.4. The van der Waals surface area contributed by atoms with E-state index < -0.39 is 0 Å². The zero-order valence-corrected chi connectivity index (χ0v) is 13.2. The molecule has 5 nitrogen and oxygen atoms in total. The first-order valence-corrected chi connectivity index (χ1v) is 8.36. The number of primary amides is 1. The van der Waals surface area contributed by atoms with Gasteiger partial charge in [0.1, 0.15) is 6.04 Å². The number of nitrogens with two attached hydrogens (primary N) is 1. The molecule has 3 rings (SSSR count). The molecule has 6 heteroatoms. The van der Waals surface area contributed by atoms with Gasteiger partial charge in [0.2, 0.25) is 5.91 Å². The summed E-state index contributed by atoms with van der Waals surface area (Å²) < 4.78 is 0. The lowest BCUT2D eigenvalue weighted by Crippen LogP contribution is -2.40. The maximum Gasteiger partial charge on any atom is 0.239 e. The Bertz CT molecular complexity index is 602. The van der Waals surface area contributed by atoms with Crippen molar-refractivity contribution in [3.63, 3.8) is 0 Å². The van der Waals surface area contributed by atoms with Gasteiger partial charge in [-0.25, -0.2) is 4.98 Å². The van der Waals surface area contributed by atoms with Crippen molar-refractivity contribution < 1.29 is 4.79 Å². The van der Waals surface area contributed by atoms with Crippen LogP contribution in [0, 0.1) is 0 Å². The van der Waals surface area contributed by atoms with Crippen molar-refractivity contribution in [1.82, 2.24) is 9.88 Å². The Morgan fingerprint density at radius 3 is 2.68 bits per heavy atom. The second-order valence-electron chi connectivity index (χ2n) is 5.41. The molecule has 2 aromatic rings. The Labute approximate surface area is 134 Å². The molecule has 0 saturated carbocycles. The second-order valence-corrected chi connectivity index (χ2v) is 6.28. The minimum Gasteiger partial charge on any atom is -0.368 e. The first kappa shape index (κ1) is 15.0. The number of nitrogens with zero attached hydrogens (tertiary/aromatic N) is 3. The molecule has 22 heavy (non-hydrogen) atoms. The van der Waals surface area contributed by atoms with Crippen LogP contribution in [0.5, 0.6) is 0 Å². The van der Waals surface area contributed by atoms with Crippen LogP contribution < -0.4 is 10.6 Å². The number of hydrogen-bond acceptors (Lipinski definition) is 5. The molecule has 1 aromatic heterocycles. The Hall–Kier alpha value is -1.92. The van der Waals surface area contributed by atoms with Gasteiger partial charge in [-0.1, -0.05) is 30.3 Å². The highest BCUT2D eigenvalue weighted by Gasteiger charge is 2.27. The Morgan fingerprint density at radius 2 is 2.00 bits per heavy atom. The monoisotopic (exact) mass is 316 g/mol. The van der Waals surface area contributed by atoms with E-state index in [4.69, 9.17) is 5.73 Å². The van der Waals surface area contributed by atoms with Gasteiger partial charge in [-0.15, -0.1) is 11.3 Å². The van der Waals surface area contributed by atoms with Gasteiger partial charge in [0.25, 0.3) is 0 Å². The van der Waals surface area contributed by atoms with E-state index in [1.54, 1.807) is 11.3 Å². The molecule has 0 aliphatic carbocycles. The molecule has 0 bridgehead atoms. The number of rotatable bonds is 4. The molecule has 2 N–H and O–H groups in total. The fourth-order valence-corrected chi connectivity index (χ4v) is 3.65. The number of hydrogen-bond donors (Lipinski definition) is 1. The van der Waals surface area contributed by atoms with Gasteiger partial charge in [0.05, 0.1) is 0 Å². The maximum absolute atomic E-state index is 12.0. The smallest absolute Gasteiger partial charge is 0.239 e. The topological polar surface area (TPSA) is 62.5 Å². The minimum atomic E-state index is -0.350. The molecule has 1 aliphatic rings. The Kier molecular flexibility index (Phi) is 4.70. The van der Waals surface area contributed by atoms with E-state index in [0.29, 0.717) is 0 Å². The molecule has 0 spiro atoms. The average molecular weight is 316 g/mol. The van der Waals surface area contributed by atoms with Crippen LogP contribution in [0.2, 0.25) is 0 Å². The molecular weight excluding hydrogens is 296 g/mol. The summed E-state index contributed by atoms with van der Waals surface area (Å²) in [7, 11) is 0. The summed E-state index contributed by atoms with van der Waals surface area (Å²) in [5, 5.41) is 3.05. The largest absolute Gasteiger partial charge is 0.368 e. The third-order valence-corrected chi connectivity index (χ3v) is 4.80. The molecule has 1 aromatic carbocycles. The number of anilines is 1. The summed E-state index contributed by atoms with van der Waals surface area (Å²) in [5.74, 6) is -0.283. The highest BCUT2D eigenvalue weighted by Crippen LogP contribution is 2.24. The first-order valence-electron chi connectivity index (χ1n) is 7.48. The van der Waals surface area contributed by atoms with Gasteiger partial charge in [-0.05, 0) is 12.0 Å². The summed E-state index contributed by atoms with van der Waals surface area (Å²) in [6.45, 7) is 3.50. The van der Waals surface area contributed by atoms with Crippen molar-refractivity contribution in [2.45, 2.75) is 12.5 Å². The van der Waals surface area contributed by atoms with Gasteiger partial charge < -0.3 is 10.6 Å². The van der Waals surface area contributed by atoms with Crippen LogP contribution in [0.4, 0.5) is 5.13 Å². The predicted molar refractivity (Wildman–Crippen MR) is 88.9 cm³/mol. The Balaban J connectivity index is 1.75. The molecule has 1 amide bonds. The number of carbonyl (C=O) groups is 1. The first-order chi connectivity index (χ1) is 10.8. The molecule has 0 radical (unpaired) electrons. The Morgan fingerprint density at radius 1 is 1.18 bits per heavy atom. The van der Waals surface area contributed by atoms with Crippen LogP contribution in [0.1, 0.15) is 18.0 Å². The van der Waals surface area contributed by atoms with Gasteiger partial charge in [0.15, 0.2) is 5.13 Å². The third kappa shape index (κ3) is 3.28. The highest BCUT2D eigenvalue weighted by molar-refractivity contribution is 7.13. The summed E-state index contributed by atoms with van der Waals surface area (Å²) in [5.41, 5.74) is 6.65. The molecule has 1 fully saturated rings. The molecule has 1 atom stereocenters. The van der Waals surface area contributed by atoms with Crippen LogP contribution in [0.3, 0.4) is 0 Å². The fraction of sp³-hybridized carbons (Fsp3) is 0.375. The average Bonchev–Trinajstić information content (AvgIpc) is 2.95. The maximum atomic E-state index is 12.0. The quantitative estimate of drug-likeness (QED) is 0.935. The molecule has 1 saturated heterocycles. The summed E-state index contributed by atoms with van der Waals surface area (Å²) in [6, 6.07) is 9.44. The summed E-state index contributed by atoms with van der Waals surface area (Å²) in [4.78, 5) is 20.8. The summed E-state index contributed by atoms with van der Waals surface area (Å²) >= 11 is 1.66. The molecule has 116 valence electrons. The van der Waals surface area contributed by atoms with E-state index in [0.717, 1.165) is 43.3 Å². The lowest BCUT2D eigenvalue weighted by Gasteiger charge is -2.28. The normalized spacial score (nSPS) is 17.9. The lowest BCUT2D eigenvalue weighted by molar-refractivity contribution is -0.123. The van der Waals surface area contributed by atoms with Crippen molar-refractivity contribution in [3.8, 4) is 0 Å². The van der Waals surface area contributed by atoms with Crippen LogP contribution in [-0.4, -0.2) is 42.0 Å². The van der Waals surface area contributed by atoms with Gasteiger partial charge >= 0.3 is 0 Å². The van der Waals surface area contributed by atoms with E-state index in [-0.39, 0.29) is 11.9 Å². The van der Waals surface area contributed by atoms with E-state index >= 15 is 0 Å². The third-order valence-electron chi connectivity index (χ3n) is 3.97. The van der Waals surface area contributed by atoms with Crippen molar-refractivity contribution >= 4 is 22.4 Å². The zero-order valence-electron chi connectivity index (χ0n) is 12.4. The van der Waals surface area contributed by atoms with Gasteiger partial charge in [0, 0.05) is 37.8 Å². The molecule has 0 unspecified atom stereocenters. The number of amides is 1. The lowest BCUT2D eigenvalue weighted by atomic mass is 10.0. The van der Waals surface area contributed by atoms with E-state index in [9.17, 15) is 4.79 Å². The number of aromatic nitrogens is 1. The number of carbonyl (C=O) groups excluding carboxylic acids is 1. The van der Waals surface area contributed by atoms with Crippen LogP contribution in [0.25, 0.3) is 0 Å². The standard InChI is InChI=1S/C16H20N4OS/c17-15(21)14(13-5-2-1-3-6-13)19-8-4-9-20(11-10-19)16-18-7-12-22-16/h1-3,5-7,12,14H,4,8-11H2,(H2,17,21)/t14-/m0/s1. The fourth-order valence-electron chi connectivity index (χ4n) is 2.95. The molecular formula is C16H20N4OS.